The summed E-state index contributed by atoms with van der Waals surface area (Å²) in [5.41, 5.74) is 0.648. The molecule has 0 aliphatic carbocycles. The van der Waals surface area contributed by atoms with E-state index in [0.717, 1.165) is 4.90 Å². The number of benzene rings is 1. The SMILES string of the molecule is CSc1ccc(Cl)cc1NC(=O)N1CC(C)CC(C(=O)O)C1. The molecular weight excluding hydrogens is 324 g/mol. The minimum atomic E-state index is -0.850. The number of aliphatic carboxylic acids is 1. The molecule has 2 unspecified atom stereocenters. The number of likely N-dealkylation sites (tertiary alicyclic amines) is 1. The number of hydrogen-bond donors (Lipinski definition) is 2. The first-order valence-corrected chi connectivity index (χ1v) is 8.63. The molecule has 1 saturated heterocycles. The van der Waals surface area contributed by atoms with E-state index in [1.54, 1.807) is 17.0 Å². The standard InChI is InChI=1S/C15H19ClN2O3S/c1-9-5-10(14(19)20)8-18(7-9)15(21)17-12-6-11(16)3-4-13(12)22-2/h3-4,6,9-10H,5,7-8H2,1-2H3,(H,17,21)(H,19,20). The van der Waals surface area contributed by atoms with Crippen LogP contribution in [0.4, 0.5) is 10.5 Å². The van der Waals surface area contributed by atoms with Crippen LogP contribution in [0, 0.1) is 11.8 Å². The Bertz CT molecular complexity index is 582. The zero-order valence-electron chi connectivity index (χ0n) is 12.5. The first-order chi connectivity index (χ1) is 10.4. The van der Waals surface area contributed by atoms with Crippen LogP contribution in [0.2, 0.25) is 5.02 Å². The van der Waals surface area contributed by atoms with Crippen LogP contribution in [0.15, 0.2) is 23.1 Å². The molecule has 0 radical (unpaired) electrons. The molecule has 0 saturated carbocycles. The summed E-state index contributed by atoms with van der Waals surface area (Å²) in [6.07, 6.45) is 2.52. The number of halogens is 1. The fourth-order valence-corrected chi connectivity index (χ4v) is 3.37. The molecule has 5 nitrogen and oxygen atoms in total. The maximum Gasteiger partial charge on any atom is 0.321 e. The Balaban J connectivity index is 2.11. The second kappa shape index (κ2) is 7.24. The number of piperidine rings is 1. The molecule has 0 aromatic heterocycles. The van der Waals surface area contributed by atoms with Crippen LogP contribution in [-0.4, -0.2) is 41.4 Å². The number of anilines is 1. The van der Waals surface area contributed by atoms with E-state index >= 15 is 0 Å². The molecular formula is C15H19ClN2O3S. The van der Waals surface area contributed by atoms with E-state index in [0.29, 0.717) is 23.7 Å². The van der Waals surface area contributed by atoms with E-state index in [9.17, 15) is 14.7 Å². The Hall–Kier alpha value is -1.40. The highest BCUT2D eigenvalue weighted by Gasteiger charge is 2.32. The van der Waals surface area contributed by atoms with Crippen molar-refractivity contribution in [1.29, 1.82) is 0 Å². The van der Waals surface area contributed by atoms with Crippen molar-refractivity contribution in [2.45, 2.75) is 18.2 Å². The molecule has 2 N–H and O–H groups in total. The van der Waals surface area contributed by atoms with Crippen LogP contribution in [0.1, 0.15) is 13.3 Å². The lowest BCUT2D eigenvalue weighted by Crippen LogP contribution is -2.47. The van der Waals surface area contributed by atoms with Crippen LogP contribution in [0.3, 0.4) is 0 Å². The number of nitrogens with zero attached hydrogens (tertiary/aromatic N) is 1. The van der Waals surface area contributed by atoms with Gasteiger partial charge in [0.25, 0.3) is 0 Å². The molecule has 120 valence electrons. The Morgan fingerprint density at radius 3 is 2.77 bits per heavy atom. The lowest BCUT2D eigenvalue weighted by molar-refractivity contribution is -0.143. The monoisotopic (exact) mass is 342 g/mol. The molecule has 1 heterocycles. The summed E-state index contributed by atoms with van der Waals surface area (Å²) in [6, 6.07) is 5.04. The van der Waals surface area contributed by atoms with Crippen molar-refractivity contribution in [2.24, 2.45) is 11.8 Å². The molecule has 0 spiro atoms. The summed E-state index contributed by atoms with van der Waals surface area (Å²) >= 11 is 7.49. The summed E-state index contributed by atoms with van der Waals surface area (Å²) in [4.78, 5) is 26.1. The van der Waals surface area contributed by atoms with Gasteiger partial charge in [-0.25, -0.2) is 4.79 Å². The van der Waals surface area contributed by atoms with Crippen LogP contribution in [0.25, 0.3) is 0 Å². The maximum atomic E-state index is 12.4. The van der Waals surface area contributed by atoms with E-state index in [2.05, 4.69) is 5.32 Å². The lowest BCUT2D eigenvalue weighted by Gasteiger charge is -2.34. The molecule has 7 heteroatoms. The largest absolute Gasteiger partial charge is 0.481 e. The molecule has 0 bridgehead atoms. The Kier molecular flexibility index (Phi) is 5.58. The average Bonchev–Trinajstić information content (AvgIpc) is 2.46. The van der Waals surface area contributed by atoms with Crippen molar-refractivity contribution in [3.05, 3.63) is 23.2 Å². The number of nitrogens with one attached hydrogen (secondary N) is 1. The van der Waals surface area contributed by atoms with Crippen LogP contribution >= 0.6 is 23.4 Å². The number of carbonyl (C=O) groups is 2. The predicted octanol–water partition coefficient (Wildman–Crippen LogP) is 3.64. The highest BCUT2D eigenvalue weighted by Crippen LogP contribution is 2.29. The van der Waals surface area contributed by atoms with E-state index in [-0.39, 0.29) is 18.5 Å². The molecule has 2 atom stereocenters. The van der Waals surface area contributed by atoms with Gasteiger partial charge in [-0.2, -0.15) is 0 Å². The number of rotatable bonds is 3. The fourth-order valence-electron chi connectivity index (χ4n) is 2.67. The van der Waals surface area contributed by atoms with Crippen molar-refractivity contribution in [3.63, 3.8) is 0 Å². The predicted molar refractivity (Wildman–Crippen MR) is 88.7 cm³/mol. The molecule has 22 heavy (non-hydrogen) atoms. The topological polar surface area (TPSA) is 69.6 Å². The molecule has 2 amide bonds. The van der Waals surface area contributed by atoms with Gasteiger partial charge < -0.3 is 15.3 Å². The summed E-state index contributed by atoms with van der Waals surface area (Å²) in [5.74, 6) is -1.19. The number of urea groups is 1. The smallest absolute Gasteiger partial charge is 0.321 e. The quantitative estimate of drug-likeness (QED) is 0.823. The highest BCUT2D eigenvalue weighted by atomic mass is 35.5. The highest BCUT2D eigenvalue weighted by molar-refractivity contribution is 7.98. The minimum absolute atomic E-state index is 0.167. The minimum Gasteiger partial charge on any atom is -0.481 e. The zero-order chi connectivity index (χ0) is 16.3. The molecule has 1 aliphatic rings. The van der Waals surface area contributed by atoms with E-state index in [4.69, 9.17) is 11.6 Å². The van der Waals surface area contributed by atoms with Gasteiger partial charge in [-0.05, 0) is 36.8 Å². The normalized spacial score (nSPS) is 21.5. The third kappa shape index (κ3) is 4.08. The van der Waals surface area contributed by atoms with Gasteiger partial charge in [0.15, 0.2) is 0 Å². The zero-order valence-corrected chi connectivity index (χ0v) is 14.1. The second-order valence-corrected chi connectivity index (χ2v) is 6.84. The number of carboxylic acids is 1. The van der Waals surface area contributed by atoms with E-state index < -0.39 is 11.9 Å². The summed E-state index contributed by atoms with van der Waals surface area (Å²) in [7, 11) is 0. The molecule has 1 fully saturated rings. The fraction of sp³-hybridized carbons (Fsp3) is 0.467. The van der Waals surface area contributed by atoms with Gasteiger partial charge in [-0.15, -0.1) is 11.8 Å². The molecule has 1 aliphatic heterocycles. The summed E-state index contributed by atoms with van der Waals surface area (Å²) < 4.78 is 0. The van der Waals surface area contributed by atoms with Gasteiger partial charge in [0.05, 0.1) is 11.6 Å². The Morgan fingerprint density at radius 1 is 1.41 bits per heavy atom. The summed E-state index contributed by atoms with van der Waals surface area (Å²) in [6.45, 7) is 2.76. The average molecular weight is 343 g/mol. The third-order valence-corrected chi connectivity index (χ3v) is 4.73. The van der Waals surface area contributed by atoms with Gasteiger partial charge >= 0.3 is 12.0 Å². The number of carbonyl (C=O) groups excluding carboxylic acids is 1. The van der Waals surface area contributed by atoms with Gasteiger partial charge in [0.1, 0.15) is 0 Å². The van der Waals surface area contributed by atoms with Crippen molar-refractivity contribution in [1.82, 2.24) is 4.90 Å². The van der Waals surface area contributed by atoms with Crippen molar-refractivity contribution in [2.75, 3.05) is 24.7 Å². The van der Waals surface area contributed by atoms with Gasteiger partial charge in [-0.3, -0.25) is 4.79 Å². The number of thioether (sulfide) groups is 1. The van der Waals surface area contributed by atoms with Crippen molar-refractivity contribution >= 4 is 41.1 Å². The Labute approximate surface area is 139 Å². The first kappa shape index (κ1) is 17.0. The molecule has 1 aromatic carbocycles. The third-order valence-electron chi connectivity index (χ3n) is 3.70. The summed E-state index contributed by atoms with van der Waals surface area (Å²) in [5, 5.41) is 12.6. The number of amides is 2. The van der Waals surface area contributed by atoms with Gasteiger partial charge in [-0.1, -0.05) is 18.5 Å². The van der Waals surface area contributed by atoms with Crippen molar-refractivity contribution < 1.29 is 14.7 Å². The number of hydrogen-bond acceptors (Lipinski definition) is 3. The van der Waals surface area contributed by atoms with Crippen LogP contribution in [-0.2, 0) is 4.79 Å². The Morgan fingerprint density at radius 2 is 2.14 bits per heavy atom. The lowest BCUT2D eigenvalue weighted by atomic mass is 9.91. The van der Waals surface area contributed by atoms with Crippen LogP contribution < -0.4 is 5.32 Å². The van der Waals surface area contributed by atoms with E-state index in [1.165, 1.54) is 11.8 Å². The van der Waals surface area contributed by atoms with Crippen molar-refractivity contribution in [3.8, 4) is 0 Å². The van der Waals surface area contributed by atoms with E-state index in [1.807, 2.05) is 19.2 Å². The van der Waals surface area contributed by atoms with Gasteiger partial charge in [0, 0.05) is 23.0 Å². The second-order valence-electron chi connectivity index (χ2n) is 5.56. The maximum absolute atomic E-state index is 12.4. The van der Waals surface area contributed by atoms with Crippen LogP contribution in [0.5, 0.6) is 0 Å². The first-order valence-electron chi connectivity index (χ1n) is 7.03. The molecule has 2 rings (SSSR count). The molecule has 1 aromatic rings. The number of carboxylic acid groups (broad SMARTS) is 1. The van der Waals surface area contributed by atoms with Gasteiger partial charge in [0.2, 0.25) is 0 Å².